The summed E-state index contributed by atoms with van der Waals surface area (Å²) in [7, 11) is 0. The quantitative estimate of drug-likeness (QED) is 0.474. The van der Waals surface area contributed by atoms with Crippen LogP contribution in [0, 0.1) is 13.8 Å². The molecule has 2 heterocycles. The molecule has 1 amide bonds. The van der Waals surface area contributed by atoms with E-state index >= 15 is 0 Å². The molecule has 0 radical (unpaired) electrons. The maximum Gasteiger partial charge on any atom is 0.255 e. The molecule has 30 heavy (non-hydrogen) atoms. The van der Waals surface area contributed by atoms with Crippen LogP contribution in [-0.4, -0.2) is 20.8 Å². The van der Waals surface area contributed by atoms with Crippen LogP contribution < -0.4 is 10.1 Å². The Kier molecular flexibility index (Phi) is 5.54. The van der Waals surface area contributed by atoms with Gasteiger partial charge in [0.05, 0.1) is 28.2 Å². The summed E-state index contributed by atoms with van der Waals surface area (Å²) in [6.07, 6.45) is 3.28. The van der Waals surface area contributed by atoms with Crippen molar-refractivity contribution in [2.45, 2.75) is 20.5 Å². The summed E-state index contributed by atoms with van der Waals surface area (Å²) in [5.41, 5.74) is 3.80. The van der Waals surface area contributed by atoms with Crippen LogP contribution in [0.4, 0.5) is 5.69 Å². The zero-order chi connectivity index (χ0) is 21.1. The highest BCUT2D eigenvalue weighted by molar-refractivity contribution is 6.30. The van der Waals surface area contributed by atoms with Crippen molar-refractivity contribution in [2.24, 2.45) is 0 Å². The number of anilines is 1. The van der Waals surface area contributed by atoms with Crippen LogP contribution in [-0.2, 0) is 6.61 Å². The van der Waals surface area contributed by atoms with Crippen molar-refractivity contribution in [3.8, 4) is 11.4 Å². The lowest BCUT2D eigenvalue weighted by Gasteiger charge is -2.09. The summed E-state index contributed by atoms with van der Waals surface area (Å²) in [6.45, 7) is 4.09. The first-order valence-electron chi connectivity index (χ1n) is 9.26. The first-order valence-corrected chi connectivity index (χ1v) is 9.64. The standard InChI is InChI=1S/C22H19ClN4O3/c1-14-21(15(2)30-26-14)13-29-20-9-3-16(4-10-20)22(28)25-18-5-7-19(8-6-18)27-12-17(23)11-24-27/h3-12H,13H2,1-2H3,(H,25,28). The van der Waals surface area contributed by atoms with Gasteiger partial charge >= 0.3 is 0 Å². The van der Waals surface area contributed by atoms with Crippen LogP contribution in [0.1, 0.15) is 27.4 Å². The molecule has 4 aromatic rings. The summed E-state index contributed by atoms with van der Waals surface area (Å²) < 4.78 is 12.6. The van der Waals surface area contributed by atoms with E-state index in [2.05, 4.69) is 15.6 Å². The van der Waals surface area contributed by atoms with Gasteiger partial charge in [-0.2, -0.15) is 5.10 Å². The van der Waals surface area contributed by atoms with Crippen molar-refractivity contribution >= 4 is 23.2 Å². The van der Waals surface area contributed by atoms with E-state index in [1.165, 1.54) is 0 Å². The van der Waals surface area contributed by atoms with Crippen molar-refractivity contribution in [3.05, 3.63) is 88.5 Å². The molecule has 8 heteroatoms. The summed E-state index contributed by atoms with van der Waals surface area (Å²) in [5, 5.41) is 11.5. The molecule has 2 aromatic heterocycles. The molecule has 7 nitrogen and oxygen atoms in total. The van der Waals surface area contributed by atoms with Gasteiger partial charge < -0.3 is 14.6 Å². The molecule has 0 bridgehead atoms. The Morgan fingerprint density at radius 1 is 1.13 bits per heavy atom. The maximum atomic E-state index is 12.5. The minimum atomic E-state index is -0.206. The molecule has 0 spiro atoms. The summed E-state index contributed by atoms with van der Waals surface area (Å²) in [6, 6.07) is 14.3. The van der Waals surface area contributed by atoms with Gasteiger partial charge in [-0.3, -0.25) is 4.79 Å². The lowest BCUT2D eigenvalue weighted by Crippen LogP contribution is -2.11. The lowest BCUT2D eigenvalue weighted by atomic mass is 10.2. The van der Waals surface area contributed by atoms with Crippen molar-refractivity contribution in [1.29, 1.82) is 0 Å². The number of amides is 1. The average molecular weight is 423 g/mol. The molecular formula is C22H19ClN4O3. The third-order valence-electron chi connectivity index (χ3n) is 4.62. The van der Waals surface area contributed by atoms with Gasteiger partial charge in [-0.1, -0.05) is 16.8 Å². The molecule has 1 N–H and O–H groups in total. The van der Waals surface area contributed by atoms with Gasteiger partial charge in [0.15, 0.2) is 0 Å². The molecule has 0 aliphatic carbocycles. The Balaban J connectivity index is 1.36. The number of hydrogen-bond donors (Lipinski definition) is 1. The Morgan fingerprint density at radius 2 is 1.87 bits per heavy atom. The minimum absolute atomic E-state index is 0.206. The zero-order valence-corrected chi connectivity index (χ0v) is 17.2. The van der Waals surface area contributed by atoms with Gasteiger partial charge in [0.1, 0.15) is 18.1 Å². The van der Waals surface area contributed by atoms with Gasteiger partial charge in [0, 0.05) is 17.4 Å². The molecule has 4 rings (SSSR count). The summed E-state index contributed by atoms with van der Waals surface area (Å²) >= 11 is 5.89. The van der Waals surface area contributed by atoms with Crippen LogP contribution >= 0.6 is 11.6 Å². The van der Waals surface area contributed by atoms with Crippen LogP contribution in [0.2, 0.25) is 5.02 Å². The zero-order valence-electron chi connectivity index (χ0n) is 16.4. The molecule has 0 saturated heterocycles. The number of aromatic nitrogens is 3. The number of carbonyl (C=O) groups excluding carboxylic acids is 1. The molecule has 152 valence electrons. The van der Waals surface area contributed by atoms with Crippen LogP contribution in [0.5, 0.6) is 5.75 Å². The largest absolute Gasteiger partial charge is 0.489 e. The average Bonchev–Trinajstić information content (AvgIpc) is 3.32. The highest BCUT2D eigenvalue weighted by Crippen LogP contribution is 2.19. The number of nitrogens with zero attached hydrogens (tertiary/aromatic N) is 3. The molecule has 2 aromatic carbocycles. The molecule has 0 fully saturated rings. The number of aryl methyl sites for hydroxylation is 2. The second-order valence-corrected chi connectivity index (χ2v) is 7.16. The van der Waals surface area contributed by atoms with Crippen LogP contribution in [0.15, 0.2) is 65.4 Å². The third-order valence-corrected chi connectivity index (χ3v) is 4.82. The minimum Gasteiger partial charge on any atom is -0.489 e. The first kappa shape index (κ1) is 19.7. The fourth-order valence-electron chi connectivity index (χ4n) is 2.91. The van der Waals surface area contributed by atoms with Gasteiger partial charge in [0.2, 0.25) is 0 Å². The molecular weight excluding hydrogens is 404 g/mol. The monoisotopic (exact) mass is 422 g/mol. The van der Waals surface area contributed by atoms with Crippen molar-refractivity contribution in [1.82, 2.24) is 14.9 Å². The normalized spacial score (nSPS) is 10.8. The van der Waals surface area contributed by atoms with Crippen LogP contribution in [0.25, 0.3) is 5.69 Å². The second kappa shape index (κ2) is 8.42. The van der Waals surface area contributed by atoms with E-state index in [1.54, 1.807) is 41.3 Å². The van der Waals surface area contributed by atoms with Crippen molar-refractivity contribution < 1.29 is 14.1 Å². The molecule has 0 atom stereocenters. The van der Waals surface area contributed by atoms with E-state index in [1.807, 2.05) is 38.1 Å². The third kappa shape index (κ3) is 4.36. The predicted octanol–water partition coefficient (Wildman–Crippen LogP) is 4.96. The number of ether oxygens (including phenoxy) is 1. The predicted molar refractivity (Wildman–Crippen MR) is 113 cm³/mol. The Bertz CT molecular complexity index is 1140. The first-order chi connectivity index (χ1) is 14.5. The van der Waals surface area contributed by atoms with E-state index in [0.29, 0.717) is 28.6 Å². The van der Waals surface area contributed by atoms with Gasteiger partial charge in [-0.05, 0) is 62.4 Å². The summed E-state index contributed by atoms with van der Waals surface area (Å²) in [5.74, 6) is 1.20. The maximum absolute atomic E-state index is 12.5. The molecule has 0 saturated carbocycles. The van der Waals surface area contributed by atoms with E-state index in [-0.39, 0.29) is 5.91 Å². The number of benzene rings is 2. The highest BCUT2D eigenvalue weighted by Gasteiger charge is 2.11. The fraction of sp³-hybridized carbons (Fsp3) is 0.136. The van der Waals surface area contributed by atoms with Crippen molar-refractivity contribution in [2.75, 3.05) is 5.32 Å². The number of nitrogens with one attached hydrogen (secondary N) is 1. The Morgan fingerprint density at radius 3 is 2.47 bits per heavy atom. The van der Waals surface area contributed by atoms with Crippen molar-refractivity contribution in [3.63, 3.8) is 0 Å². The SMILES string of the molecule is Cc1noc(C)c1COc1ccc(C(=O)Nc2ccc(-n3cc(Cl)cn3)cc2)cc1. The van der Waals surface area contributed by atoms with E-state index in [0.717, 1.165) is 22.7 Å². The topological polar surface area (TPSA) is 82.2 Å². The molecule has 0 aliphatic rings. The Hall–Kier alpha value is -3.58. The summed E-state index contributed by atoms with van der Waals surface area (Å²) in [4.78, 5) is 12.5. The van der Waals surface area contributed by atoms with Gasteiger partial charge in [-0.25, -0.2) is 4.68 Å². The smallest absolute Gasteiger partial charge is 0.255 e. The fourth-order valence-corrected chi connectivity index (χ4v) is 3.04. The number of halogens is 1. The number of rotatable bonds is 6. The van der Waals surface area contributed by atoms with E-state index in [9.17, 15) is 4.79 Å². The number of carbonyl (C=O) groups is 1. The molecule has 0 aliphatic heterocycles. The van der Waals surface area contributed by atoms with E-state index in [4.69, 9.17) is 20.9 Å². The lowest BCUT2D eigenvalue weighted by molar-refractivity contribution is 0.102. The second-order valence-electron chi connectivity index (χ2n) is 6.72. The Labute approximate surface area is 178 Å². The number of hydrogen-bond acceptors (Lipinski definition) is 5. The van der Waals surface area contributed by atoms with Gasteiger partial charge in [-0.15, -0.1) is 0 Å². The van der Waals surface area contributed by atoms with Crippen LogP contribution in [0.3, 0.4) is 0 Å². The molecule has 0 unspecified atom stereocenters. The van der Waals surface area contributed by atoms with E-state index < -0.39 is 0 Å². The van der Waals surface area contributed by atoms with Gasteiger partial charge in [0.25, 0.3) is 5.91 Å². The highest BCUT2D eigenvalue weighted by atomic mass is 35.5.